The molecule has 0 aliphatic heterocycles. The summed E-state index contributed by atoms with van der Waals surface area (Å²) in [6.45, 7) is 4.31. The quantitative estimate of drug-likeness (QED) is 0.651. The average Bonchev–Trinajstić information content (AvgIpc) is 2.45. The Morgan fingerprint density at radius 1 is 1.30 bits per heavy atom. The molecule has 1 aromatic carbocycles. The molecule has 3 N–H and O–H groups in total. The molecule has 0 spiro atoms. The Labute approximate surface area is 117 Å². The standard InChI is InChI=1S/C14H18N2O4/c1-2-7-16(8-9-17)14(20)15-10-11-3-5-12(6-4-11)13(18)19/h2-6,17H,1,7-10H2,(H,15,20)(H,18,19). The molecule has 0 saturated heterocycles. The van der Waals surface area contributed by atoms with Crippen LogP contribution in [0.3, 0.4) is 0 Å². The molecule has 108 valence electrons. The van der Waals surface area contributed by atoms with Gasteiger partial charge in [0.2, 0.25) is 0 Å². The zero-order valence-electron chi connectivity index (χ0n) is 11.1. The van der Waals surface area contributed by atoms with E-state index in [9.17, 15) is 9.59 Å². The second-order valence-electron chi connectivity index (χ2n) is 4.12. The van der Waals surface area contributed by atoms with E-state index < -0.39 is 5.97 Å². The summed E-state index contributed by atoms with van der Waals surface area (Å²) in [5, 5.41) is 20.3. The third kappa shape index (κ3) is 4.74. The first kappa shape index (κ1) is 15.7. The summed E-state index contributed by atoms with van der Waals surface area (Å²) >= 11 is 0. The lowest BCUT2D eigenvalue weighted by molar-refractivity contribution is 0.0697. The largest absolute Gasteiger partial charge is 0.478 e. The number of amides is 2. The molecule has 0 fully saturated rings. The number of nitrogens with zero attached hydrogens (tertiary/aromatic N) is 1. The van der Waals surface area contributed by atoms with Gasteiger partial charge in [-0.25, -0.2) is 9.59 Å². The van der Waals surface area contributed by atoms with Crippen LogP contribution in [0, 0.1) is 0 Å². The summed E-state index contributed by atoms with van der Waals surface area (Å²) in [7, 11) is 0. The van der Waals surface area contributed by atoms with Crippen LogP contribution in [0.4, 0.5) is 4.79 Å². The Morgan fingerprint density at radius 3 is 2.45 bits per heavy atom. The van der Waals surface area contributed by atoms with E-state index in [1.807, 2.05) is 0 Å². The van der Waals surface area contributed by atoms with Crippen molar-refractivity contribution in [2.24, 2.45) is 0 Å². The molecule has 0 aliphatic carbocycles. The first-order valence-electron chi connectivity index (χ1n) is 6.15. The van der Waals surface area contributed by atoms with Gasteiger partial charge in [-0.2, -0.15) is 0 Å². The predicted molar refractivity (Wildman–Crippen MR) is 74.5 cm³/mol. The SMILES string of the molecule is C=CCN(CCO)C(=O)NCc1ccc(C(=O)O)cc1. The van der Waals surface area contributed by atoms with Crippen LogP contribution in [0.1, 0.15) is 15.9 Å². The Hall–Kier alpha value is -2.34. The van der Waals surface area contributed by atoms with E-state index in [2.05, 4.69) is 11.9 Å². The lowest BCUT2D eigenvalue weighted by atomic mass is 10.1. The highest BCUT2D eigenvalue weighted by molar-refractivity contribution is 5.87. The molecule has 0 saturated carbocycles. The van der Waals surface area contributed by atoms with Gasteiger partial charge in [0.05, 0.1) is 12.2 Å². The number of carbonyl (C=O) groups excluding carboxylic acids is 1. The molecule has 6 nitrogen and oxygen atoms in total. The molecule has 0 aromatic heterocycles. The topological polar surface area (TPSA) is 89.9 Å². The molecular formula is C14H18N2O4. The summed E-state index contributed by atoms with van der Waals surface area (Å²) < 4.78 is 0. The number of aromatic carboxylic acids is 1. The number of nitrogens with one attached hydrogen (secondary N) is 1. The van der Waals surface area contributed by atoms with Crippen LogP contribution in [0.5, 0.6) is 0 Å². The highest BCUT2D eigenvalue weighted by Crippen LogP contribution is 2.04. The number of aliphatic hydroxyl groups is 1. The first-order valence-corrected chi connectivity index (χ1v) is 6.15. The van der Waals surface area contributed by atoms with Gasteiger partial charge in [-0.3, -0.25) is 0 Å². The second-order valence-corrected chi connectivity index (χ2v) is 4.12. The van der Waals surface area contributed by atoms with Crippen molar-refractivity contribution in [2.45, 2.75) is 6.54 Å². The normalized spacial score (nSPS) is 9.85. The molecule has 1 aromatic rings. The van der Waals surface area contributed by atoms with Gasteiger partial charge in [0.25, 0.3) is 0 Å². The van der Waals surface area contributed by atoms with Crippen LogP contribution in [0.25, 0.3) is 0 Å². The van der Waals surface area contributed by atoms with Crippen molar-refractivity contribution in [3.05, 3.63) is 48.0 Å². The number of carboxylic acids is 1. The Bertz CT molecular complexity index is 471. The van der Waals surface area contributed by atoms with Crippen LogP contribution < -0.4 is 5.32 Å². The molecule has 0 atom stereocenters. The number of hydrogen-bond donors (Lipinski definition) is 3. The van der Waals surface area contributed by atoms with E-state index in [1.54, 1.807) is 18.2 Å². The van der Waals surface area contributed by atoms with Gasteiger partial charge in [-0.1, -0.05) is 18.2 Å². The minimum Gasteiger partial charge on any atom is -0.478 e. The maximum Gasteiger partial charge on any atom is 0.335 e. The lowest BCUT2D eigenvalue weighted by Gasteiger charge is -2.20. The van der Waals surface area contributed by atoms with Crippen molar-refractivity contribution in [1.82, 2.24) is 10.2 Å². The third-order valence-electron chi connectivity index (χ3n) is 2.65. The second kappa shape index (κ2) is 7.96. The van der Waals surface area contributed by atoms with Crippen molar-refractivity contribution in [3.63, 3.8) is 0 Å². The number of aliphatic hydroxyl groups excluding tert-OH is 1. The van der Waals surface area contributed by atoms with Crippen LogP contribution in [-0.2, 0) is 6.54 Å². The van der Waals surface area contributed by atoms with Crippen molar-refractivity contribution in [3.8, 4) is 0 Å². The molecule has 0 unspecified atom stereocenters. The summed E-state index contributed by atoms with van der Waals surface area (Å²) in [5.74, 6) is -0.985. The van der Waals surface area contributed by atoms with Crippen molar-refractivity contribution in [2.75, 3.05) is 19.7 Å². The fourth-order valence-corrected chi connectivity index (χ4v) is 1.61. The molecule has 6 heteroatoms. The average molecular weight is 278 g/mol. The van der Waals surface area contributed by atoms with E-state index >= 15 is 0 Å². The molecule has 20 heavy (non-hydrogen) atoms. The fourth-order valence-electron chi connectivity index (χ4n) is 1.61. The van der Waals surface area contributed by atoms with Crippen molar-refractivity contribution in [1.29, 1.82) is 0 Å². The van der Waals surface area contributed by atoms with Crippen LogP contribution in [-0.4, -0.2) is 46.8 Å². The summed E-state index contributed by atoms with van der Waals surface area (Å²) in [5.41, 5.74) is 1.000. The van der Waals surface area contributed by atoms with E-state index in [0.717, 1.165) is 5.56 Å². The van der Waals surface area contributed by atoms with Gasteiger partial charge in [0.1, 0.15) is 0 Å². The monoisotopic (exact) mass is 278 g/mol. The Kier molecular flexibility index (Phi) is 6.25. The van der Waals surface area contributed by atoms with Gasteiger partial charge < -0.3 is 20.4 Å². The van der Waals surface area contributed by atoms with E-state index in [0.29, 0.717) is 6.54 Å². The van der Waals surface area contributed by atoms with Gasteiger partial charge in [0, 0.05) is 19.6 Å². The number of hydrogen-bond acceptors (Lipinski definition) is 3. The molecule has 1 rings (SSSR count). The molecule has 0 aliphatic rings. The van der Waals surface area contributed by atoms with Gasteiger partial charge in [-0.05, 0) is 17.7 Å². The van der Waals surface area contributed by atoms with E-state index in [-0.39, 0.29) is 31.3 Å². The molecule has 0 bridgehead atoms. The highest BCUT2D eigenvalue weighted by Gasteiger charge is 2.10. The summed E-state index contributed by atoms with van der Waals surface area (Å²) in [4.78, 5) is 24.0. The Balaban J connectivity index is 2.54. The molecule has 0 radical (unpaired) electrons. The van der Waals surface area contributed by atoms with Crippen molar-refractivity contribution < 1.29 is 19.8 Å². The number of urea groups is 1. The zero-order chi connectivity index (χ0) is 15.0. The number of benzene rings is 1. The van der Waals surface area contributed by atoms with Crippen LogP contribution in [0.2, 0.25) is 0 Å². The maximum absolute atomic E-state index is 11.8. The van der Waals surface area contributed by atoms with Gasteiger partial charge >= 0.3 is 12.0 Å². The summed E-state index contributed by atoms with van der Waals surface area (Å²) in [6.07, 6.45) is 1.58. The maximum atomic E-state index is 11.8. The highest BCUT2D eigenvalue weighted by atomic mass is 16.4. The molecule has 2 amide bonds. The van der Waals surface area contributed by atoms with Crippen LogP contribution >= 0.6 is 0 Å². The summed E-state index contributed by atoms with van der Waals surface area (Å²) in [6, 6.07) is 5.96. The minimum absolute atomic E-state index is 0.116. The molecule has 0 heterocycles. The van der Waals surface area contributed by atoms with Gasteiger partial charge in [-0.15, -0.1) is 6.58 Å². The number of carbonyl (C=O) groups is 2. The third-order valence-corrected chi connectivity index (χ3v) is 2.65. The first-order chi connectivity index (χ1) is 9.58. The number of rotatable bonds is 7. The van der Waals surface area contributed by atoms with Crippen LogP contribution in [0.15, 0.2) is 36.9 Å². The zero-order valence-corrected chi connectivity index (χ0v) is 11.1. The van der Waals surface area contributed by atoms with Crippen molar-refractivity contribution >= 4 is 12.0 Å². The molecular weight excluding hydrogens is 260 g/mol. The fraction of sp³-hybridized carbons (Fsp3) is 0.286. The van der Waals surface area contributed by atoms with Gasteiger partial charge in [0.15, 0.2) is 0 Å². The van der Waals surface area contributed by atoms with E-state index in [1.165, 1.54) is 17.0 Å². The Morgan fingerprint density at radius 2 is 1.95 bits per heavy atom. The van der Waals surface area contributed by atoms with E-state index in [4.69, 9.17) is 10.2 Å². The predicted octanol–water partition coefficient (Wildman–Crippen LogP) is 1.07. The smallest absolute Gasteiger partial charge is 0.335 e. The lowest BCUT2D eigenvalue weighted by Crippen LogP contribution is -2.41. The minimum atomic E-state index is -0.985. The number of carboxylic acid groups (broad SMARTS) is 1.